The second-order valence-electron chi connectivity index (χ2n) is 5.50. The van der Waals surface area contributed by atoms with E-state index >= 15 is 0 Å². The normalized spacial score (nSPS) is 12.5. The number of hydrogen-bond donors (Lipinski definition) is 0. The first-order valence-corrected chi connectivity index (χ1v) is 7.29. The summed E-state index contributed by atoms with van der Waals surface area (Å²) in [7, 11) is 0. The van der Waals surface area contributed by atoms with Gasteiger partial charge in [-0.2, -0.15) is 13.2 Å². The molecular weight excluding hydrogens is 315 g/mol. The Morgan fingerprint density at radius 1 is 1.18 bits per heavy atom. The summed E-state index contributed by atoms with van der Waals surface area (Å²) in [6.07, 6.45) is -1.87. The molecule has 0 heterocycles. The van der Waals surface area contributed by atoms with E-state index < -0.39 is 11.7 Å². The van der Waals surface area contributed by atoms with Gasteiger partial charge in [-0.05, 0) is 51.5 Å². The minimum absolute atomic E-state index is 0.00750. The minimum Gasteiger partial charge on any atom is -0.334 e. The number of alkyl halides is 3. The maximum atomic E-state index is 12.8. The van der Waals surface area contributed by atoms with E-state index in [0.717, 1.165) is 6.07 Å². The zero-order valence-corrected chi connectivity index (χ0v) is 13.7. The Hall–Kier alpha value is -1.49. The predicted molar refractivity (Wildman–Crippen MR) is 82.6 cm³/mol. The topological polar surface area (TPSA) is 20.3 Å². The fraction of sp³-hybridized carbons (Fsp3) is 0.438. The molecule has 1 rings (SSSR count). The first-order chi connectivity index (χ1) is 10.0. The number of halogens is 4. The van der Waals surface area contributed by atoms with E-state index in [9.17, 15) is 18.0 Å². The molecule has 0 radical (unpaired) electrons. The van der Waals surface area contributed by atoms with Crippen LogP contribution in [0.4, 0.5) is 13.2 Å². The first kappa shape index (κ1) is 18.6. The molecule has 6 heteroatoms. The highest BCUT2D eigenvalue weighted by molar-refractivity contribution is 6.31. The van der Waals surface area contributed by atoms with Crippen molar-refractivity contribution < 1.29 is 18.0 Å². The maximum Gasteiger partial charge on any atom is 0.417 e. The Bertz CT molecular complexity index is 557. The van der Waals surface area contributed by atoms with Gasteiger partial charge in [0.15, 0.2) is 0 Å². The monoisotopic (exact) mass is 333 g/mol. The van der Waals surface area contributed by atoms with Crippen molar-refractivity contribution in [3.8, 4) is 0 Å². The Morgan fingerprint density at radius 2 is 1.73 bits per heavy atom. The van der Waals surface area contributed by atoms with Gasteiger partial charge in [-0.3, -0.25) is 4.79 Å². The molecular formula is C16H19ClF3NO. The molecule has 0 fully saturated rings. The van der Waals surface area contributed by atoms with E-state index in [1.807, 2.05) is 27.7 Å². The lowest BCUT2D eigenvalue weighted by atomic mass is 10.1. The van der Waals surface area contributed by atoms with Crippen LogP contribution < -0.4 is 0 Å². The number of carbonyl (C=O) groups excluding carboxylic acids is 1. The Kier molecular flexibility index (Phi) is 6.06. The van der Waals surface area contributed by atoms with Crippen molar-refractivity contribution in [3.05, 3.63) is 40.4 Å². The van der Waals surface area contributed by atoms with Gasteiger partial charge in [-0.1, -0.05) is 17.7 Å². The molecule has 0 spiro atoms. The lowest BCUT2D eigenvalue weighted by Gasteiger charge is -2.29. The number of amides is 1. The standard InChI is InChI=1S/C16H19ClF3NO/c1-10(2)21(11(3)4)15(22)8-6-12-5-7-14(17)13(9-12)16(18,19)20/h5-11H,1-4H3/b8-6+. The summed E-state index contributed by atoms with van der Waals surface area (Å²) in [4.78, 5) is 13.8. The van der Waals surface area contributed by atoms with E-state index in [4.69, 9.17) is 11.6 Å². The highest BCUT2D eigenvalue weighted by atomic mass is 35.5. The number of carbonyl (C=O) groups is 1. The summed E-state index contributed by atoms with van der Waals surface area (Å²) >= 11 is 5.56. The molecule has 1 aromatic carbocycles. The van der Waals surface area contributed by atoms with Crippen LogP contribution in [0.3, 0.4) is 0 Å². The average Bonchev–Trinajstić information content (AvgIpc) is 2.35. The van der Waals surface area contributed by atoms with E-state index in [-0.39, 0.29) is 28.6 Å². The minimum atomic E-state index is -4.52. The molecule has 0 N–H and O–H groups in total. The molecule has 2 nitrogen and oxygen atoms in total. The SMILES string of the molecule is CC(C)N(C(=O)/C=C/c1ccc(Cl)c(C(F)(F)F)c1)C(C)C. The van der Waals surface area contributed by atoms with Crippen LogP contribution in [0.1, 0.15) is 38.8 Å². The highest BCUT2D eigenvalue weighted by Crippen LogP contribution is 2.35. The van der Waals surface area contributed by atoms with Crippen molar-refractivity contribution in [2.45, 2.75) is 46.0 Å². The molecule has 0 atom stereocenters. The molecule has 1 aromatic rings. The summed E-state index contributed by atoms with van der Waals surface area (Å²) in [6.45, 7) is 7.54. The largest absolute Gasteiger partial charge is 0.417 e. The van der Waals surface area contributed by atoms with Crippen LogP contribution in [0.5, 0.6) is 0 Å². The molecule has 1 amide bonds. The molecule has 0 saturated carbocycles. The summed E-state index contributed by atoms with van der Waals surface area (Å²) in [5.74, 6) is -0.242. The summed E-state index contributed by atoms with van der Waals surface area (Å²) in [6, 6.07) is 3.57. The molecule has 0 aliphatic rings. The summed E-state index contributed by atoms with van der Waals surface area (Å²) in [5, 5.41) is -0.359. The second-order valence-corrected chi connectivity index (χ2v) is 5.91. The van der Waals surface area contributed by atoms with Gasteiger partial charge in [-0.15, -0.1) is 0 Å². The van der Waals surface area contributed by atoms with Crippen molar-refractivity contribution in [2.24, 2.45) is 0 Å². The van der Waals surface area contributed by atoms with Gasteiger partial charge < -0.3 is 4.90 Å². The van der Waals surface area contributed by atoms with Crippen molar-refractivity contribution in [1.82, 2.24) is 4.90 Å². The third kappa shape index (κ3) is 4.77. The van der Waals surface area contributed by atoms with Crippen molar-refractivity contribution in [2.75, 3.05) is 0 Å². The molecule has 0 unspecified atom stereocenters. The molecule has 0 aromatic heterocycles. The quantitative estimate of drug-likeness (QED) is 0.709. The first-order valence-electron chi connectivity index (χ1n) is 6.91. The zero-order valence-electron chi connectivity index (χ0n) is 12.9. The van der Waals surface area contributed by atoms with Crippen LogP contribution >= 0.6 is 11.6 Å². The Morgan fingerprint density at radius 3 is 2.18 bits per heavy atom. The molecule has 122 valence electrons. The van der Waals surface area contributed by atoms with E-state index in [0.29, 0.717) is 0 Å². The maximum absolute atomic E-state index is 12.8. The van der Waals surface area contributed by atoms with Gasteiger partial charge in [0.05, 0.1) is 10.6 Å². The van der Waals surface area contributed by atoms with Crippen molar-refractivity contribution >= 4 is 23.6 Å². The average molecular weight is 334 g/mol. The van der Waals surface area contributed by atoms with Gasteiger partial charge in [0.1, 0.15) is 0 Å². The fourth-order valence-corrected chi connectivity index (χ4v) is 2.45. The smallest absolute Gasteiger partial charge is 0.334 e. The van der Waals surface area contributed by atoms with Crippen LogP contribution in [0.25, 0.3) is 6.08 Å². The lowest BCUT2D eigenvalue weighted by molar-refractivity contribution is -0.137. The fourth-order valence-electron chi connectivity index (χ4n) is 2.22. The van der Waals surface area contributed by atoms with Gasteiger partial charge in [0.25, 0.3) is 0 Å². The van der Waals surface area contributed by atoms with Gasteiger partial charge in [0.2, 0.25) is 5.91 Å². The van der Waals surface area contributed by atoms with E-state index in [1.165, 1.54) is 24.3 Å². The van der Waals surface area contributed by atoms with Crippen LogP contribution in [-0.4, -0.2) is 22.9 Å². The lowest BCUT2D eigenvalue weighted by Crippen LogP contribution is -2.41. The number of rotatable bonds is 4. The van der Waals surface area contributed by atoms with Gasteiger partial charge in [-0.25, -0.2) is 0 Å². The Labute approximate surface area is 133 Å². The van der Waals surface area contributed by atoms with Crippen LogP contribution in [0.2, 0.25) is 5.02 Å². The molecule has 0 aliphatic heterocycles. The summed E-state index contributed by atoms with van der Waals surface area (Å²) in [5.41, 5.74) is -0.633. The van der Waals surface area contributed by atoms with Gasteiger partial charge >= 0.3 is 6.18 Å². The highest BCUT2D eigenvalue weighted by Gasteiger charge is 2.33. The van der Waals surface area contributed by atoms with Crippen molar-refractivity contribution in [1.29, 1.82) is 0 Å². The predicted octanol–water partition coefficient (Wildman–Crippen LogP) is 5.02. The van der Waals surface area contributed by atoms with Crippen LogP contribution in [0, 0.1) is 0 Å². The van der Waals surface area contributed by atoms with Crippen molar-refractivity contribution in [3.63, 3.8) is 0 Å². The molecule has 0 saturated heterocycles. The van der Waals surface area contributed by atoms with Crippen LogP contribution in [-0.2, 0) is 11.0 Å². The number of hydrogen-bond acceptors (Lipinski definition) is 1. The van der Waals surface area contributed by atoms with Gasteiger partial charge in [0, 0.05) is 18.2 Å². The number of nitrogens with zero attached hydrogens (tertiary/aromatic N) is 1. The Balaban J connectivity index is 3.02. The summed E-state index contributed by atoms with van der Waals surface area (Å²) < 4.78 is 38.4. The second kappa shape index (κ2) is 7.18. The molecule has 0 aliphatic carbocycles. The van der Waals surface area contributed by atoms with E-state index in [1.54, 1.807) is 4.90 Å². The number of benzene rings is 1. The van der Waals surface area contributed by atoms with E-state index in [2.05, 4.69) is 0 Å². The molecule has 22 heavy (non-hydrogen) atoms. The van der Waals surface area contributed by atoms with Crippen LogP contribution in [0.15, 0.2) is 24.3 Å². The third-order valence-electron chi connectivity index (χ3n) is 3.08. The zero-order chi connectivity index (χ0) is 17.1. The third-order valence-corrected chi connectivity index (χ3v) is 3.41. The molecule has 0 bridgehead atoms.